The number of nitrogens with zero attached hydrogens (tertiary/aromatic N) is 3. The maximum absolute atomic E-state index is 4.54. The van der Waals surface area contributed by atoms with E-state index >= 15 is 0 Å². The number of benzene rings is 2. The maximum Gasteiger partial charge on any atom is 0.148 e. The third-order valence-electron chi connectivity index (χ3n) is 4.60. The molecule has 2 aromatic carbocycles. The van der Waals surface area contributed by atoms with Crippen LogP contribution in [-0.4, -0.2) is 21.7 Å². The molecule has 5 heteroatoms. The van der Waals surface area contributed by atoms with E-state index in [-0.39, 0.29) is 0 Å². The van der Waals surface area contributed by atoms with Gasteiger partial charge in [-0.2, -0.15) is 0 Å². The van der Waals surface area contributed by atoms with E-state index in [9.17, 15) is 0 Å². The molecule has 0 saturated carbocycles. The number of hydrogen-bond donors (Lipinski definition) is 1. The van der Waals surface area contributed by atoms with Crippen LogP contribution in [0.1, 0.15) is 16.1 Å². The zero-order valence-corrected chi connectivity index (χ0v) is 16.8. The predicted octanol–water partition coefficient (Wildman–Crippen LogP) is 5.54. The van der Waals surface area contributed by atoms with Gasteiger partial charge in [0.05, 0.1) is 16.4 Å². The Morgan fingerprint density at radius 2 is 1.50 bits per heavy atom. The third-order valence-corrected chi connectivity index (χ3v) is 5.37. The zero-order valence-electron chi connectivity index (χ0n) is 16.0. The van der Waals surface area contributed by atoms with Crippen molar-refractivity contribution in [2.75, 3.05) is 11.9 Å². The quantitative estimate of drug-likeness (QED) is 0.473. The molecule has 140 valence electrons. The van der Waals surface area contributed by atoms with Crippen molar-refractivity contribution in [2.24, 2.45) is 0 Å². The molecular formula is C23H22N4S. The highest BCUT2D eigenvalue weighted by Gasteiger charge is 2.03. The van der Waals surface area contributed by atoms with Crippen molar-refractivity contribution < 1.29 is 0 Å². The minimum absolute atomic E-state index is 0.797. The molecule has 0 radical (unpaired) electrons. The third kappa shape index (κ3) is 4.43. The summed E-state index contributed by atoms with van der Waals surface area (Å²) >= 11 is 1.68. The number of rotatable bonds is 6. The molecule has 1 N–H and O–H groups in total. The predicted molar refractivity (Wildman–Crippen MR) is 117 cm³/mol. The fraction of sp³-hybridized carbons (Fsp3) is 0.174. The van der Waals surface area contributed by atoms with Crippen molar-refractivity contribution in [2.45, 2.75) is 20.3 Å². The number of anilines is 1. The highest BCUT2D eigenvalue weighted by molar-refractivity contribution is 7.09. The van der Waals surface area contributed by atoms with Crippen molar-refractivity contribution in [1.82, 2.24) is 15.2 Å². The van der Waals surface area contributed by atoms with Crippen molar-refractivity contribution in [3.05, 3.63) is 82.2 Å². The molecule has 0 atom stereocenters. The highest BCUT2D eigenvalue weighted by atomic mass is 32.1. The van der Waals surface area contributed by atoms with Gasteiger partial charge in [0.25, 0.3) is 0 Å². The molecule has 28 heavy (non-hydrogen) atoms. The van der Waals surface area contributed by atoms with Crippen molar-refractivity contribution >= 4 is 17.2 Å². The second kappa shape index (κ2) is 8.31. The number of nitrogens with one attached hydrogen (secondary N) is 1. The molecule has 2 heterocycles. The van der Waals surface area contributed by atoms with Crippen LogP contribution in [0.4, 0.5) is 5.82 Å². The Morgan fingerprint density at radius 1 is 0.786 bits per heavy atom. The van der Waals surface area contributed by atoms with E-state index in [4.69, 9.17) is 0 Å². The van der Waals surface area contributed by atoms with Crippen molar-refractivity contribution in [3.63, 3.8) is 0 Å². The smallest absolute Gasteiger partial charge is 0.148 e. The van der Waals surface area contributed by atoms with Gasteiger partial charge in [0, 0.05) is 23.1 Å². The number of aryl methyl sites for hydroxylation is 2. The van der Waals surface area contributed by atoms with Crippen LogP contribution in [0.25, 0.3) is 22.5 Å². The number of thiazole rings is 1. The van der Waals surface area contributed by atoms with Crippen molar-refractivity contribution in [3.8, 4) is 22.5 Å². The van der Waals surface area contributed by atoms with Gasteiger partial charge in [0.2, 0.25) is 0 Å². The first-order chi connectivity index (χ1) is 13.7. The summed E-state index contributed by atoms with van der Waals surface area (Å²) in [6, 6.07) is 20.9. The number of aromatic nitrogens is 3. The van der Waals surface area contributed by atoms with Gasteiger partial charge >= 0.3 is 0 Å². The van der Waals surface area contributed by atoms with Crippen LogP contribution < -0.4 is 5.32 Å². The number of hydrogen-bond acceptors (Lipinski definition) is 5. The molecule has 4 aromatic rings. The van der Waals surface area contributed by atoms with Gasteiger partial charge in [-0.15, -0.1) is 21.5 Å². The summed E-state index contributed by atoms with van der Waals surface area (Å²) in [6.45, 7) is 4.92. The lowest BCUT2D eigenvalue weighted by atomic mass is 10.1. The second-order valence-electron chi connectivity index (χ2n) is 6.80. The Labute approximate surface area is 169 Å². The van der Waals surface area contributed by atoms with E-state index in [1.807, 2.05) is 19.1 Å². The monoisotopic (exact) mass is 386 g/mol. The summed E-state index contributed by atoms with van der Waals surface area (Å²) < 4.78 is 0. The fourth-order valence-electron chi connectivity index (χ4n) is 2.98. The Bertz CT molecular complexity index is 1040. The Morgan fingerprint density at radius 3 is 2.14 bits per heavy atom. The van der Waals surface area contributed by atoms with E-state index in [1.54, 1.807) is 11.3 Å². The summed E-state index contributed by atoms with van der Waals surface area (Å²) in [6.07, 6.45) is 0.928. The first-order valence-electron chi connectivity index (χ1n) is 9.33. The SMILES string of the molecule is Cc1ccc(-c2ccc(NCCc3ccc(-c4csc(C)n4)cc3)nn2)cc1. The molecule has 0 unspecified atom stereocenters. The van der Waals surface area contributed by atoms with Gasteiger partial charge in [-0.1, -0.05) is 54.1 Å². The van der Waals surface area contributed by atoms with Crippen LogP contribution in [0, 0.1) is 13.8 Å². The van der Waals surface area contributed by atoms with E-state index in [0.717, 1.165) is 40.7 Å². The molecule has 0 saturated heterocycles. The van der Waals surface area contributed by atoms with E-state index in [1.165, 1.54) is 16.7 Å². The molecule has 0 aliphatic rings. The van der Waals surface area contributed by atoms with Crippen LogP contribution in [0.3, 0.4) is 0 Å². The summed E-state index contributed by atoms with van der Waals surface area (Å²) in [5, 5.41) is 15.2. The van der Waals surface area contributed by atoms with Gasteiger partial charge in [-0.05, 0) is 38.0 Å². The zero-order chi connectivity index (χ0) is 19.3. The van der Waals surface area contributed by atoms with Crippen LogP contribution in [0.5, 0.6) is 0 Å². The van der Waals surface area contributed by atoms with Gasteiger partial charge in [0.1, 0.15) is 5.82 Å². The van der Waals surface area contributed by atoms with E-state index in [2.05, 4.69) is 81.3 Å². The topological polar surface area (TPSA) is 50.7 Å². The highest BCUT2D eigenvalue weighted by Crippen LogP contribution is 2.22. The normalized spacial score (nSPS) is 10.8. The molecule has 0 aliphatic carbocycles. The van der Waals surface area contributed by atoms with E-state index < -0.39 is 0 Å². The first-order valence-corrected chi connectivity index (χ1v) is 10.2. The summed E-state index contributed by atoms with van der Waals surface area (Å²) in [5.41, 5.74) is 6.71. The standard InChI is InChI=1S/C23H22N4S/c1-16-3-7-19(8-4-16)21-11-12-23(27-26-21)24-14-13-18-5-9-20(10-6-18)22-15-28-17(2)25-22/h3-12,15H,13-14H2,1-2H3,(H,24,27). The Hall–Kier alpha value is -3.05. The Balaban J connectivity index is 1.31. The summed E-state index contributed by atoms with van der Waals surface area (Å²) in [5.74, 6) is 0.797. The van der Waals surface area contributed by atoms with Crippen LogP contribution >= 0.6 is 11.3 Å². The lowest BCUT2D eigenvalue weighted by Crippen LogP contribution is -2.07. The molecule has 2 aromatic heterocycles. The van der Waals surface area contributed by atoms with Crippen LogP contribution in [0.15, 0.2) is 66.0 Å². The molecule has 4 rings (SSSR count). The Kier molecular flexibility index (Phi) is 5.44. The van der Waals surface area contributed by atoms with Crippen LogP contribution in [0.2, 0.25) is 0 Å². The molecular weight excluding hydrogens is 364 g/mol. The molecule has 0 bridgehead atoms. The maximum atomic E-state index is 4.54. The molecule has 0 aliphatic heterocycles. The van der Waals surface area contributed by atoms with Gasteiger partial charge < -0.3 is 5.32 Å². The fourth-order valence-corrected chi connectivity index (χ4v) is 3.60. The van der Waals surface area contributed by atoms with Gasteiger partial charge in [-0.3, -0.25) is 0 Å². The lowest BCUT2D eigenvalue weighted by molar-refractivity contribution is 0.970. The molecule has 4 nitrogen and oxygen atoms in total. The minimum atomic E-state index is 0.797. The van der Waals surface area contributed by atoms with Crippen molar-refractivity contribution in [1.29, 1.82) is 0 Å². The summed E-state index contributed by atoms with van der Waals surface area (Å²) in [7, 11) is 0. The average Bonchev–Trinajstić information content (AvgIpc) is 3.16. The summed E-state index contributed by atoms with van der Waals surface area (Å²) in [4.78, 5) is 4.54. The van der Waals surface area contributed by atoms with Gasteiger partial charge in [-0.25, -0.2) is 4.98 Å². The lowest BCUT2D eigenvalue weighted by Gasteiger charge is -2.07. The minimum Gasteiger partial charge on any atom is -0.368 e. The average molecular weight is 387 g/mol. The first kappa shape index (κ1) is 18.3. The van der Waals surface area contributed by atoms with E-state index in [0.29, 0.717) is 0 Å². The van der Waals surface area contributed by atoms with Gasteiger partial charge in [0.15, 0.2) is 0 Å². The molecule has 0 spiro atoms. The molecule has 0 amide bonds. The largest absolute Gasteiger partial charge is 0.368 e. The second-order valence-corrected chi connectivity index (χ2v) is 7.86. The van der Waals surface area contributed by atoms with Crippen LogP contribution in [-0.2, 0) is 6.42 Å². The molecule has 0 fully saturated rings.